The summed E-state index contributed by atoms with van der Waals surface area (Å²) in [6, 6.07) is 18.6. The number of Topliss-reactive ketones (excluding diaryl/α,β-unsaturated/α-hetero) is 1. The van der Waals surface area contributed by atoms with E-state index in [-0.39, 0.29) is 5.78 Å². The van der Waals surface area contributed by atoms with Gasteiger partial charge in [0.05, 0.1) is 9.83 Å². The second-order valence-corrected chi connectivity index (χ2v) is 9.87. The molecule has 152 valence electrons. The van der Waals surface area contributed by atoms with E-state index in [0.717, 1.165) is 13.8 Å². The Morgan fingerprint density at radius 1 is 1.00 bits per heavy atom. The first-order chi connectivity index (χ1) is 14.3. The molecule has 0 amide bonds. The molecule has 30 heavy (non-hydrogen) atoms. The average Bonchev–Trinajstić information content (AvgIpc) is 2.73. The molecule has 9 heteroatoms. The van der Waals surface area contributed by atoms with Gasteiger partial charge < -0.3 is 5.11 Å². The van der Waals surface area contributed by atoms with E-state index in [1.807, 2.05) is 46.9 Å². The van der Waals surface area contributed by atoms with Crippen molar-refractivity contribution in [2.75, 3.05) is 0 Å². The van der Waals surface area contributed by atoms with Crippen LogP contribution in [0.4, 0.5) is 5.69 Å². The lowest BCUT2D eigenvalue weighted by molar-refractivity contribution is -0.385. The van der Waals surface area contributed by atoms with Gasteiger partial charge in [-0.2, -0.15) is 0 Å². The number of carbonyl (C=O) groups excluding carboxylic acids is 1. The maximum absolute atomic E-state index is 13.4. The van der Waals surface area contributed by atoms with Gasteiger partial charge in [-0.15, -0.1) is 0 Å². The lowest BCUT2D eigenvalue weighted by atomic mass is 10.1. The highest BCUT2D eigenvalue weighted by atomic mass is 127. The van der Waals surface area contributed by atoms with Crippen LogP contribution in [0.1, 0.15) is 15.9 Å². The summed E-state index contributed by atoms with van der Waals surface area (Å²) in [5, 5.41) is 21.0. The molecule has 3 rings (SSSR count). The molecule has 3 aromatic carbocycles. The molecule has 0 aliphatic heterocycles. The molecule has 0 radical (unpaired) electrons. The van der Waals surface area contributed by atoms with Crippen LogP contribution in [0.25, 0.3) is 3.58 Å². The van der Waals surface area contributed by atoms with Crippen molar-refractivity contribution < 1.29 is 14.8 Å². The number of carbonyl (C=O) groups is 1. The van der Waals surface area contributed by atoms with Gasteiger partial charge >= 0.3 is 5.69 Å². The quantitative estimate of drug-likeness (QED) is 0.0736. The maximum atomic E-state index is 13.4. The number of nitrogens with zero attached hydrogens (tertiary/aromatic N) is 1. The molecule has 0 bridgehead atoms. The Morgan fingerprint density at radius 3 is 2.27 bits per heavy atom. The van der Waals surface area contributed by atoms with E-state index in [4.69, 9.17) is 0 Å². The van der Waals surface area contributed by atoms with Crippen LogP contribution < -0.4 is 0 Å². The molecule has 5 nitrogen and oxygen atoms in total. The van der Waals surface area contributed by atoms with Crippen molar-refractivity contribution in [1.29, 1.82) is 0 Å². The number of hydrogen-bond donors (Lipinski definition) is 1. The molecule has 0 saturated carbocycles. The summed E-state index contributed by atoms with van der Waals surface area (Å²) in [6.07, 6.45) is 0. The van der Waals surface area contributed by atoms with E-state index < -0.39 is 16.4 Å². The molecule has 0 saturated heterocycles. The van der Waals surface area contributed by atoms with E-state index in [9.17, 15) is 20.0 Å². The minimum Gasteiger partial charge on any atom is -0.502 e. The predicted octanol–water partition coefficient (Wildman–Crippen LogP) is 7.60. The number of rotatable bonds is 6. The van der Waals surface area contributed by atoms with Gasteiger partial charge in [0.15, 0.2) is 5.75 Å². The van der Waals surface area contributed by atoms with Crippen molar-refractivity contribution in [3.63, 3.8) is 0 Å². The third-order valence-electron chi connectivity index (χ3n) is 3.99. The van der Waals surface area contributed by atoms with Crippen molar-refractivity contribution >= 4 is 81.3 Å². The van der Waals surface area contributed by atoms with Crippen molar-refractivity contribution in [2.45, 2.75) is 4.90 Å². The first-order valence-corrected chi connectivity index (χ1v) is 11.9. The van der Waals surface area contributed by atoms with Gasteiger partial charge in [0, 0.05) is 29.1 Å². The van der Waals surface area contributed by atoms with Crippen LogP contribution >= 0.6 is 66.2 Å². The van der Waals surface area contributed by atoms with Gasteiger partial charge in [0.1, 0.15) is 0 Å². The van der Waals surface area contributed by atoms with Gasteiger partial charge in [-0.05, 0) is 92.6 Å². The fraction of sp³-hybridized carbons (Fsp3) is 0. The Kier molecular flexibility index (Phi) is 7.72. The molecule has 0 aliphatic carbocycles. The number of thioether (sulfide) groups is 1. The van der Waals surface area contributed by atoms with Crippen LogP contribution in [-0.2, 0) is 0 Å². The molecular formula is C21H12Br2INO4S. The molecule has 3 aromatic rings. The van der Waals surface area contributed by atoms with E-state index in [0.29, 0.717) is 19.6 Å². The number of allylic oxidation sites excluding steroid dienone is 1. The molecular weight excluding hydrogens is 649 g/mol. The Hall–Kier alpha value is -1.69. The third-order valence-corrected chi connectivity index (χ3v) is 8.17. The number of nitro benzene ring substituents is 1. The SMILES string of the molecule is O=C(C(Sc1ccccc1Br)=C(I)c1ccc(O)c([N+](=O)[O-])c1)c1ccc(Br)cc1. The Bertz CT molecular complexity index is 1170. The lowest BCUT2D eigenvalue weighted by Gasteiger charge is -2.12. The standard InChI is InChI=1S/C21H12Br2INO4S/c22-14-8-5-12(6-9-14)20(27)21(30-18-4-2-1-3-15(18)23)19(24)13-7-10-17(26)16(11-13)25(28)29/h1-11,26H. The summed E-state index contributed by atoms with van der Waals surface area (Å²) in [6.45, 7) is 0. The number of benzene rings is 3. The van der Waals surface area contributed by atoms with E-state index in [1.54, 1.807) is 30.3 Å². The number of nitro groups is 1. The summed E-state index contributed by atoms with van der Waals surface area (Å²) in [5.41, 5.74) is 0.554. The number of halogens is 3. The molecule has 0 spiro atoms. The normalized spacial score (nSPS) is 11.7. The number of hydrogen-bond acceptors (Lipinski definition) is 5. The van der Waals surface area contributed by atoms with Crippen LogP contribution in [0, 0.1) is 10.1 Å². The summed E-state index contributed by atoms with van der Waals surface area (Å²) < 4.78 is 2.23. The van der Waals surface area contributed by atoms with Gasteiger partial charge in [-0.1, -0.05) is 39.8 Å². The van der Waals surface area contributed by atoms with Gasteiger partial charge in [0.25, 0.3) is 0 Å². The van der Waals surface area contributed by atoms with Gasteiger partial charge in [-0.3, -0.25) is 14.9 Å². The van der Waals surface area contributed by atoms with Crippen molar-refractivity contribution in [3.05, 3.63) is 102 Å². The predicted molar refractivity (Wildman–Crippen MR) is 134 cm³/mol. The first-order valence-electron chi connectivity index (χ1n) is 8.38. The minimum atomic E-state index is -0.653. The van der Waals surface area contributed by atoms with E-state index >= 15 is 0 Å². The summed E-state index contributed by atoms with van der Waals surface area (Å²) in [4.78, 5) is 25.2. The van der Waals surface area contributed by atoms with Crippen LogP contribution in [0.2, 0.25) is 0 Å². The second kappa shape index (κ2) is 10.1. The zero-order chi connectivity index (χ0) is 21.8. The zero-order valence-electron chi connectivity index (χ0n) is 15.0. The fourth-order valence-corrected chi connectivity index (χ4v) is 5.15. The molecule has 0 aromatic heterocycles. The fourth-order valence-electron chi connectivity index (χ4n) is 2.50. The van der Waals surface area contributed by atoms with Crippen molar-refractivity contribution in [1.82, 2.24) is 0 Å². The Labute approximate surface area is 207 Å². The Balaban J connectivity index is 2.15. The van der Waals surface area contributed by atoms with Crippen molar-refractivity contribution in [2.24, 2.45) is 0 Å². The largest absolute Gasteiger partial charge is 0.502 e. The smallest absolute Gasteiger partial charge is 0.311 e. The number of phenolic OH excluding ortho intramolecular Hbond substituents is 1. The molecule has 0 fully saturated rings. The zero-order valence-corrected chi connectivity index (χ0v) is 21.2. The molecule has 0 atom stereocenters. The molecule has 0 unspecified atom stereocenters. The van der Waals surface area contributed by atoms with E-state index in [1.165, 1.54) is 23.9 Å². The number of phenols is 1. The van der Waals surface area contributed by atoms with Crippen LogP contribution in [-0.4, -0.2) is 15.8 Å². The van der Waals surface area contributed by atoms with Gasteiger partial charge in [-0.25, -0.2) is 0 Å². The summed E-state index contributed by atoms with van der Waals surface area (Å²) in [5.74, 6) is -0.629. The monoisotopic (exact) mass is 659 g/mol. The second-order valence-electron chi connectivity index (χ2n) is 5.97. The first kappa shape index (κ1) is 23.0. The van der Waals surface area contributed by atoms with E-state index in [2.05, 4.69) is 31.9 Å². The molecule has 0 aliphatic rings. The minimum absolute atomic E-state index is 0.205. The number of aromatic hydroxyl groups is 1. The lowest BCUT2D eigenvalue weighted by Crippen LogP contribution is -2.03. The highest BCUT2D eigenvalue weighted by Gasteiger charge is 2.22. The maximum Gasteiger partial charge on any atom is 0.311 e. The molecule has 0 heterocycles. The number of ketones is 1. The topological polar surface area (TPSA) is 80.4 Å². The summed E-state index contributed by atoms with van der Waals surface area (Å²) >= 11 is 10.2. The average molecular weight is 661 g/mol. The van der Waals surface area contributed by atoms with Crippen molar-refractivity contribution in [3.8, 4) is 5.75 Å². The Morgan fingerprint density at radius 2 is 1.63 bits per heavy atom. The third kappa shape index (κ3) is 5.32. The van der Waals surface area contributed by atoms with Crippen LogP contribution in [0.3, 0.4) is 0 Å². The summed E-state index contributed by atoms with van der Waals surface area (Å²) in [7, 11) is 0. The molecule has 1 N–H and O–H groups in total. The highest BCUT2D eigenvalue weighted by Crippen LogP contribution is 2.42. The van der Waals surface area contributed by atoms with Gasteiger partial charge in [0.2, 0.25) is 5.78 Å². The van der Waals surface area contributed by atoms with Crippen LogP contribution in [0.15, 0.2) is 85.5 Å². The highest BCUT2D eigenvalue weighted by molar-refractivity contribution is 14.1. The van der Waals surface area contributed by atoms with Crippen LogP contribution in [0.5, 0.6) is 5.75 Å².